The summed E-state index contributed by atoms with van der Waals surface area (Å²) in [7, 11) is 0. The predicted octanol–water partition coefficient (Wildman–Crippen LogP) is 2.73. The van der Waals surface area contributed by atoms with Crippen LogP contribution in [-0.2, 0) is 16.1 Å². The number of rotatable bonds is 4. The van der Waals surface area contributed by atoms with Gasteiger partial charge in [0.2, 0.25) is 23.5 Å². The number of piperazine rings is 1. The molecular weight excluding hydrogens is 406 g/mol. The minimum Gasteiger partial charge on any atom is -0.338 e. The second-order valence-corrected chi connectivity index (χ2v) is 9.89. The summed E-state index contributed by atoms with van der Waals surface area (Å²) in [6, 6.07) is 7.72. The molecule has 0 N–H and O–H groups in total. The highest BCUT2D eigenvalue weighted by Gasteiger charge is 2.40. The van der Waals surface area contributed by atoms with Crippen molar-refractivity contribution in [2.24, 2.45) is 5.41 Å². The van der Waals surface area contributed by atoms with Gasteiger partial charge in [-0.2, -0.15) is 4.98 Å². The van der Waals surface area contributed by atoms with E-state index in [4.69, 9.17) is 4.52 Å². The maximum Gasteiger partial charge on any atom is 0.245 e. The molecule has 8 nitrogen and oxygen atoms in total. The molecule has 0 aliphatic carbocycles. The van der Waals surface area contributed by atoms with Crippen molar-refractivity contribution in [2.45, 2.75) is 53.1 Å². The van der Waals surface area contributed by atoms with E-state index in [1.54, 1.807) is 4.90 Å². The molecule has 2 amide bonds. The van der Waals surface area contributed by atoms with Crippen LogP contribution in [0.5, 0.6) is 0 Å². The summed E-state index contributed by atoms with van der Waals surface area (Å²) in [6.07, 6.45) is 1.64. The van der Waals surface area contributed by atoms with Gasteiger partial charge in [-0.05, 0) is 19.8 Å². The van der Waals surface area contributed by atoms with Crippen molar-refractivity contribution in [1.29, 1.82) is 0 Å². The summed E-state index contributed by atoms with van der Waals surface area (Å²) in [6.45, 7) is 11.8. The smallest absolute Gasteiger partial charge is 0.245 e. The number of carbonyl (C=O) groups excluding carboxylic acids is 2. The van der Waals surface area contributed by atoms with E-state index in [1.807, 2.05) is 56.9 Å². The van der Waals surface area contributed by atoms with E-state index < -0.39 is 5.41 Å². The summed E-state index contributed by atoms with van der Waals surface area (Å²) in [4.78, 5) is 36.4. The van der Waals surface area contributed by atoms with Gasteiger partial charge in [0, 0.05) is 43.7 Å². The first-order valence-electron chi connectivity index (χ1n) is 11.4. The van der Waals surface area contributed by atoms with E-state index in [-0.39, 0.29) is 17.9 Å². The van der Waals surface area contributed by atoms with Gasteiger partial charge in [0.15, 0.2) is 0 Å². The fraction of sp³-hybridized carbons (Fsp3) is 0.583. The molecule has 2 aromatic rings. The third-order valence-electron chi connectivity index (χ3n) is 6.26. The molecule has 2 saturated heterocycles. The second-order valence-electron chi connectivity index (χ2n) is 9.89. The van der Waals surface area contributed by atoms with Crippen molar-refractivity contribution in [3.05, 3.63) is 35.7 Å². The van der Waals surface area contributed by atoms with Gasteiger partial charge in [-0.15, -0.1) is 0 Å². The summed E-state index contributed by atoms with van der Waals surface area (Å²) < 4.78 is 5.45. The molecule has 4 rings (SSSR count). The number of hydrogen-bond acceptors (Lipinski definition) is 6. The largest absolute Gasteiger partial charge is 0.338 e. The van der Waals surface area contributed by atoms with Gasteiger partial charge in [0.1, 0.15) is 6.04 Å². The normalized spacial score (nSPS) is 20.1. The van der Waals surface area contributed by atoms with Crippen molar-refractivity contribution in [3.63, 3.8) is 0 Å². The van der Waals surface area contributed by atoms with Crippen molar-refractivity contribution in [2.75, 3.05) is 32.7 Å². The van der Waals surface area contributed by atoms with Crippen LogP contribution in [0.4, 0.5) is 0 Å². The molecule has 0 radical (unpaired) electrons. The van der Waals surface area contributed by atoms with Crippen LogP contribution in [0.3, 0.4) is 0 Å². The van der Waals surface area contributed by atoms with Crippen molar-refractivity contribution in [1.82, 2.24) is 24.8 Å². The Kier molecular flexibility index (Phi) is 6.33. The van der Waals surface area contributed by atoms with E-state index in [2.05, 4.69) is 15.0 Å². The molecule has 2 aliphatic heterocycles. The van der Waals surface area contributed by atoms with Gasteiger partial charge < -0.3 is 14.3 Å². The Morgan fingerprint density at radius 2 is 1.75 bits per heavy atom. The van der Waals surface area contributed by atoms with Crippen LogP contribution in [0.25, 0.3) is 11.4 Å². The van der Waals surface area contributed by atoms with E-state index in [1.165, 1.54) is 5.56 Å². The van der Waals surface area contributed by atoms with Crippen LogP contribution in [0.1, 0.15) is 45.1 Å². The van der Waals surface area contributed by atoms with Gasteiger partial charge in [-0.3, -0.25) is 14.5 Å². The van der Waals surface area contributed by atoms with E-state index in [9.17, 15) is 9.59 Å². The maximum absolute atomic E-state index is 13.2. The second kappa shape index (κ2) is 9.02. The van der Waals surface area contributed by atoms with Crippen LogP contribution in [-0.4, -0.2) is 75.4 Å². The zero-order chi connectivity index (χ0) is 22.9. The lowest BCUT2D eigenvalue weighted by Crippen LogP contribution is -2.55. The molecule has 0 spiro atoms. The molecule has 8 heteroatoms. The van der Waals surface area contributed by atoms with Crippen LogP contribution in [0.15, 0.2) is 28.8 Å². The molecule has 1 atom stereocenters. The van der Waals surface area contributed by atoms with Gasteiger partial charge in [0.25, 0.3) is 0 Å². The van der Waals surface area contributed by atoms with Crippen molar-refractivity contribution < 1.29 is 14.1 Å². The summed E-state index contributed by atoms with van der Waals surface area (Å²) >= 11 is 0. The topological polar surface area (TPSA) is 82.8 Å². The average molecular weight is 440 g/mol. The quantitative estimate of drug-likeness (QED) is 0.729. The molecule has 1 aromatic carbocycles. The average Bonchev–Trinajstić information content (AvgIpc) is 3.43. The highest BCUT2D eigenvalue weighted by atomic mass is 16.5. The number of nitrogens with zero attached hydrogens (tertiary/aromatic N) is 5. The first-order valence-corrected chi connectivity index (χ1v) is 11.4. The number of benzene rings is 1. The fourth-order valence-electron chi connectivity index (χ4n) is 4.36. The number of carbonyl (C=O) groups is 2. The molecule has 3 heterocycles. The number of likely N-dealkylation sites (tertiary alicyclic amines) is 1. The van der Waals surface area contributed by atoms with Crippen LogP contribution < -0.4 is 0 Å². The third-order valence-corrected chi connectivity index (χ3v) is 6.26. The van der Waals surface area contributed by atoms with Gasteiger partial charge in [-0.25, -0.2) is 0 Å². The summed E-state index contributed by atoms with van der Waals surface area (Å²) in [5.74, 6) is 1.32. The molecular formula is C24H33N5O3. The van der Waals surface area contributed by atoms with Crippen LogP contribution >= 0.6 is 0 Å². The summed E-state index contributed by atoms with van der Waals surface area (Å²) in [5.41, 5.74) is 1.66. The van der Waals surface area contributed by atoms with E-state index in [0.29, 0.717) is 37.9 Å². The number of hydrogen-bond donors (Lipinski definition) is 0. The standard InChI is InChI=1S/C24H33N5O3/c1-17-7-9-18(10-8-17)21-25-20(32-26-21)16-27-12-14-28(15-13-27)22(30)19-6-5-11-29(19)23(31)24(2,3)4/h7-10,19H,5-6,11-16H2,1-4H3. The molecule has 32 heavy (non-hydrogen) atoms. The molecule has 172 valence electrons. The number of amides is 2. The SMILES string of the molecule is Cc1ccc(-c2noc(CN3CCN(C(=O)C4CCCN4C(=O)C(C)(C)C)CC3)n2)cc1. The number of aromatic nitrogens is 2. The van der Waals surface area contributed by atoms with E-state index in [0.717, 1.165) is 31.5 Å². The van der Waals surface area contributed by atoms with Crippen molar-refractivity contribution >= 4 is 11.8 Å². The molecule has 1 unspecified atom stereocenters. The maximum atomic E-state index is 13.2. The van der Waals surface area contributed by atoms with Gasteiger partial charge in [0.05, 0.1) is 6.54 Å². The molecule has 1 aromatic heterocycles. The Morgan fingerprint density at radius 3 is 2.41 bits per heavy atom. The minimum absolute atomic E-state index is 0.0627. The lowest BCUT2D eigenvalue weighted by Gasteiger charge is -2.37. The lowest BCUT2D eigenvalue weighted by molar-refractivity contribution is -0.149. The molecule has 0 bridgehead atoms. The lowest BCUT2D eigenvalue weighted by atomic mass is 9.94. The van der Waals surface area contributed by atoms with Gasteiger partial charge >= 0.3 is 0 Å². The Hall–Kier alpha value is -2.74. The fourth-order valence-corrected chi connectivity index (χ4v) is 4.36. The molecule has 2 aliphatic rings. The zero-order valence-electron chi connectivity index (χ0n) is 19.5. The van der Waals surface area contributed by atoms with Crippen LogP contribution in [0, 0.1) is 12.3 Å². The predicted molar refractivity (Wildman–Crippen MR) is 121 cm³/mol. The van der Waals surface area contributed by atoms with E-state index >= 15 is 0 Å². The van der Waals surface area contributed by atoms with Crippen LogP contribution in [0.2, 0.25) is 0 Å². The monoisotopic (exact) mass is 439 g/mol. The molecule has 2 fully saturated rings. The Balaban J connectivity index is 1.31. The summed E-state index contributed by atoms with van der Waals surface area (Å²) in [5, 5.41) is 4.11. The Morgan fingerprint density at radius 1 is 1.06 bits per heavy atom. The minimum atomic E-state index is -0.469. The highest BCUT2D eigenvalue weighted by Crippen LogP contribution is 2.27. The van der Waals surface area contributed by atoms with Crippen molar-refractivity contribution in [3.8, 4) is 11.4 Å². The van der Waals surface area contributed by atoms with Gasteiger partial charge in [-0.1, -0.05) is 55.8 Å². The highest BCUT2D eigenvalue weighted by molar-refractivity contribution is 5.90. The number of aryl methyl sites for hydroxylation is 1. The molecule has 0 saturated carbocycles. The Bertz CT molecular complexity index is 955. The first kappa shape index (κ1) is 22.5. The first-order chi connectivity index (χ1) is 15.2. The third kappa shape index (κ3) is 4.85. The zero-order valence-corrected chi connectivity index (χ0v) is 19.5. The Labute approximate surface area is 189 Å².